The molecule has 3 heteroatoms. The van der Waals surface area contributed by atoms with Crippen LogP contribution in [0.1, 0.15) is 12.0 Å². The van der Waals surface area contributed by atoms with Crippen molar-refractivity contribution < 1.29 is 4.21 Å². The Bertz CT molecular complexity index is 310. The molecule has 0 saturated carbocycles. The Morgan fingerprint density at radius 3 is 2.86 bits per heavy atom. The van der Waals surface area contributed by atoms with Crippen LogP contribution in [0.5, 0.6) is 0 Å². The van der Waals surface area contributed by atoms with Crippen LogP contribution in [-0.4, -0.2) is 20.3 Å². The minimum Gasteiger partial charge on any atom is -0.258 e. The van der Waals surface area contributed by atoms with Crippen molar-refractivity contribution in [1.29, 1.82) is 0 Å². The lowest BCUT2D eigenvalue weighted by atomic mass is 10.2. The Balaban J connectivity index is 2.00. The zero-order chi connectivity index (χ0) is 9.80. The van der Waals surface area contributed by atoms with E-state index in [1.165, 1.54) is 11.3 Å². The molecule has 1 saturated heterocycles. The minimum atomic E-state index is -0.616. The second kappa shape index (κ2) is 4.99. The Hall–Kier alpha value is -0.280. The van der Waals surface area contributed by atoms with Gasteiger partial charge in [0.05, 0.1) is 4.58 Å². The molecule has 2 atom stereocenters. The van der Waals surface area contributed by atoms with Crippen molar-refractivity contribution in [3.63, 3.8) is 0 Å². The van der Waals surface area contributed by atoms with E-state index in [-0.39, 0.29) is 0 Å². The van der Waals surface area contributed by atoms with E-state index in [0.29, 0.717) is 4.58 Å². The average Bonchev–Trinajstić information content (AvgIpc) is 2.23. The summed E-state index contributed by atoms with van der Waals surface area (Å²) in [6.45, 7) is 0. The third-order valence-corrected chi connectivity index (χ3v) is 5.89. The van der Waals surface area contributed by atoms with Gasteiger partial charge in [-0.3, -0.25) is 4.21 Å². The number of benzene rings is 1. The SMILES string of the molecule is O=[S@]1CCCS[C@H]1Cc1ccccc1. The van der Waals surface area contributed by atoms with E-state index >= 15 is 0 Å². The maximum absolute atomic E-state index is 11.7. The zero-order valence-corrected chi connectivity index (χ0v) is 9.65. The average molecular weight is 226 g/mol. The monoisotopic (exact) mass is 226 g/mol. The Morgan fingerprint density at radius 2 is 2.14 bits per heavy atom. The summed E-state index contributed by atoms with van der Waals surface area (Å²) in [7, 11) is -0.616. The molecule has 0 unspecified atom stereocenters. The molecule has 14 heavy (non-hydrogen) atoms. The summed E-state index contributed by atoms with van der Waals surface area (Å²) >= 11 is 1.87. The molecule has 0 radical (unpaired) electrons. The molecule has 2 rings (SSSR count). The normalized spacial score (nSPS) is 27.4. The standard InChI is InChI=1S/C11H14OS2/c12-14-8-4-7-13-11(14)9-10-5-2-1-3-6-10/h1-3,5-6,11H,4,7-9H2/t11-,14+/m1/s1. The van der Waals surface area contributed by atoms with Crippen LogP contribution >= 0.6 is 11.8 Å². The number of hydrogen-bond acceptors (Lipinski definition) is 2. The van der Waals surface area contributed by atoms with E-state index in [4.69, 9.17) is 0 Å². The van der Waals surface area contributed by atoms with Crippen LogP contribution in [0.15, 0.2) is 30.3 Å². The minimum absolute atomic E-state index is 0.325. The van der Waals surface area contributed by atoms with Gasteiger partial charge in [-0.2, -0.15) is 0 Å². The summed E-state index contributed by atoms with van der Waals surface area (Å²) in [5.74, 6) is 2.06. The Kier molecular flexibility index (Phi) is 3.65. The maximum Gasteiger partial charge on any atom is 0.0841 e. The number of rotatable bonds is 2. The molecule has 0 aromatic heterocycles. The van der Waals surface area contributed by atoms with Crippen LogP contribution in [0.4, 0.5) is 0 Å². The summed E-state index contributed by atoms with van der Waals surface area (Å²) in [5, 5.41) is 0. The second-order valence-electron chi connectivity index (χ2n) is 3.43. The highest BCUT2D eigenvalue weighted by atomic mass is 32.2. The molecule has 0 bridgehead atoms. The van der Waals surface area contributed by atoms with E-state index in [9.17, 15) is 4.21 Å². The van der Waals surface area contributed by atoms with Gasteiger partial charge in [-0.25, -0.2) is 0 Å². The van der Waals surface area contributed by atoms with Gasteiger partial charge in [0, 0.05) is 16.6 Å². The van der Waals surface area contributed by atoms with Gasteiger partial charge in [-0.05, 0) is 24.2 Å². The van der Waals surface area contributed by atoms with Crippen molar-refractivity contribution in [1.82, 2.24) is 0 Å². The van der Waals surface area contributed by atoms with E-state index in [1.54, 1.807) is 0 Å². The van der Waals surface area contributed by atoms with Crippen molar-refractivity contribution in [3.05, 3.63) is 35.9 Å². The van der Waals surface area contributed by atoms with Crippen LogP contribution in [0.25, 0.3) is 0 Å². The van der Waals surface area contributed by atoms with Crippen molar-refractivity contribution in [3.8, 4) is 0 Å². The van der Waals surface area contributed by atoms with Gasteiger partial charge in [0.1, 0.15) is 0 Å². The summed E-state index contributed by atoms with van der Waals surface area (Å²) in [4.78, 5) is 0. The second-order valence-corrected chi connectivity index (χ2v) is 6.78. The fraction of sp³-hybridized carbons (Fsp3) is 0.455. The predicted octanol–water partition coefficient (Wildman–Crippen LogP) is 2.44. The fourth-order valence-electron chi connectivity index (χ4n) is 1.58. The summed E-state index contributed by atoms with van der Waals surface area (Å²) in [6, 6.07) is 10.4. The molecule has 76 valence electrons. The lowest BCUT2D eigenvalue weighted by molar-refractivity contribution is 0.677. The predicted molar refractivity (Wildman–Crippen MR) is 64.0 cm³/mol. The first-order chi connectivity index (χ1) is 6.86. The summed E-state index contributed by atoms with van der Waals surface area (Å²) in [5.41, 5.74) is 1.31. The molecule has 0 N–H and O–H groups in total. The van der Waals surface area contributed by atoms with Crippen LogP contribution in [0, 0.1) is 0 Å². The molecule has 1 aromatic carbocycles. The van der Waals surface area contributed by atoms with Gasteiger partial charge in [0.2, 0.25) is 0 Å². The number of thioether (sulfide) groups is 1. The van der Waals surface area contributed by atoms with Crippen molar-refractivity contribution in [2.24, 2.45) is 0 Å². The summed E-state index contributed by atoms with van der Waals surface area (Å²) < 4.78 is 12.0. The molecule has 1 fully saturated rings. The molecule has 1 aromatic rings. The highest BCUT2D eigenvalue weighted by Crippen LogP contribution is 2.25. The van der Waals surface area contributed by atoms with Crippen LogP contribution < -0.4 is 0 Å². The highest BCUT2D eigenvalue weighted by molar-refractivity contribution is 8.11. The highest BCUT2D eigenvalue weighted by Gasteiger charge is 2.21. The molecule has 1 nitrogen and oxygen atoms in total. The van der Waals surface area contributed by atoms with E-state index in [1.807, 2.05) is 30.0 Å². The van der Waals surface area contributed by atoms with E-state index < -0.39 is 10.8 Å². The molecule has 0 spiro atoms. The first-order valence-corrected chi connectivity index (χ1v) is 7.32. The van der Waals surface area contributed by atoms with Gasteiger partial charge in [0.25, 0.3) is 0 Å². The van der Waals surface area contributed by atoms with Gasteiger partial charge < -0.3 is 0 Å². The molecular weight excluding hydrogens is 212 g/mol. The lowest BCUT2D eigenvalue weighted by Gasteiger charge is -2.20. The van der Waals surface area contributed by atoms with Gasteiger partial charge in [-0.15, -0.1) is 11.8 Å². The quantitative estimate of drug-likeness (QED) is 0.770. The Labute approximate surface area is 91.7 Å². The molecule has 0 amide bonds. The van der Waals surface area contributed by atoms with E-state index in [2.05, 4.69) is 12.1 Å². The third-order valence-electron chi connectivity index (χ3n) is 2.33. The first kappa shape index (κ1) is 10.2. The fourth-order valence-corrected chi connectivity index (χ4v) is 4.90. The van der Waals surface area contributed by atoms with Gasteiger partial charge >= 0.3 is 0 Å². The molecule has 1 heterocycles. The van der Waals surface area contributed by atoms with Crippen LogP contribution in [-0.2, 0) is 17.2 Å². The van der Waals surface area contributed by atoms with Crippen molar-refractivity contribution >= 4 is 22.6 Å². The molecule has 1 aliphatic heterocycles. The smallest absolute Gasteiger partial charge is 0.0841 e. The lowest BCUT2D eigenvalue weighted by Crippen LogP contribution is -2.22. The van der Waals surface area contributed by atoms with Gasteiger partial charge in [0.15, 0.2) is 0 Å². The molecule has 1 aliphatic rings. The van der Waals surface area contributed by atoms with Crippen LogP contribution in [0.3, 0.4) is 0 Å². The zero-order valence-electron chi connectivity index (χ0n) is 8.02. The van der Waals surface area contributed by atoms with E-state index in [0.717, 1.165) is 18.6 Å². The Morgan fingerprint density at radius 1 is 1.36 bits per heavy atom. The third kappa shape index (κ3) is 2.61. The van der Waals surface area contributed by atoms with Crippen LogP contribution in [0.2, 0.25) is 0 Å². The first-order valence-electron chi connectivity index (χ1n) is 4.89. The molecule has 0 aliphatic carbocycles. The van der Waals surface area contributed by atoms with Crippen molar-refractivity contribution in [2.75, 3.05) is 11.5 Å². The summed E-state index contributed by atoms with van der Waals surface area (Å²) in [6.07, 6.45) is 2.07. The van der Waals surface area contributed by atoms with Crippen molar-refractivity contribution in [2.45, 2.75) is 17.4 Å². The topological polar surface area (TPSA) is 17.1 Å². The maximum atomic E-state index is 11.7. The molecular formula is C11H14OS2. The van der Waals surface area contributed by atoms with Gasteiger partial charge in [-0.1, -0.05) is 30.3 Å². The largest absolute Gasteiger partial charge is 0.258 e. The number of hydrogen-bond donors (Lipinski definition) is 0.